The first-order chi connectivity index (χ1) is 11.2. The third-order valence-electron chi connectivity index (χ3n) is 4.45. The van der Waals surface area contributed by atoms with E-state index >= 15 is 0 Å². The second kappa shape index (κ2) is 6.22. The second-order valence-corrected chi connectivity index (χ2v) is 7.41. The monoisotopic (exact) mass is 334 g/mol. The number of nitrogens with zero attached hydrogens (tertiary/aromatic N) is 4. The van der Waals surface area contributed by atoms with Crippen LogP contribution in [0.2, 0.25) is 0 Å². The van der Waals surface area contributed by atoms with Crippen LogP contribution >= 0.6 is 11.3 Å². The first-order valence-corrected chi connectivity index (χ1v) is 8.99. The molecule has 0 atom stereocenters. The Morgan fingerprint density at radius 1 is 0.739 bits per heavy atom. The minimum absolute atomic E-state index is 0.754. The molecule has 0 bridgehead atoms. The minimum Gasteiger partial charge on any atom is -0.378 e. The molecular formula is C16H22N4O2S. The molecule has 0 amide bonds. The van der Waals surface area contributed by atoms with E-state index in [1.807, 2.05) is 0 Å². The largest absolute Gasteiger partial charge is 0.378 e. The first kappa shape index (κ1) is 15.1. The number of rotatable bonds is 2. The summed E-state index contributed by atoms with van der Waals surface area (Å²) in [6.45, 7) is 10.8. The van der Waals surface area contributed by atoms with E-state index in [9.17, 15) is 0 Å². The molecule has 2 saturated heterocycles. The molecule has 6 nitrogen and oxygen atoms in total. The van der Waals surface area contributed by atoms with Crippen molar-refractivity contribution in [3.8, 4) is 0 Å². The van der Waals surface area contributed by atoms with Crippen LogP contribution in [0, 0.1) is 13.8 Å². The van der Waals surface area contributed by atoms with Gasteiger partial charge in [-0.3, -0.25) is 0 Å². The van der Waals surface area contributed by atoms with Gasteiger partial charge in [0.05, 0.1) is 26.4 Å². The maximum atomic E-state index is 5.50. The molecule has 4 rings (SSSR count). The molecule has 4 heterocycles. The van der Waals surface area contributed by atoms with E-state index in [1.54, 1.807) is 11.3 Å². The summed E-state index contributed by atoms with van der Waals surface area (Å²) in [4.78, 5) is 17.2. The number of aromatic nitrogens is 2. The topological polar surface area (TPSA) is 50.7 Å². The van der Waals surface area contributed by atoms with Gasteiger partial charge < -0.3 is 19.3 Å². The van der Waals surface area contributed by atoms with Crippen molar-refractivity contribution in [2.75, 3.05) is 62.4 Å². The van der Waals surface area contributed by atoms with Crippen LogP contribution in [0.4, 0.5) is 11.6 Å². The summed E-state index contributed by atoms with van der Waals surface area (Å²) in [6, 6.07) is 0. The predicted molar refractivity (Wildman–Crippen MR) is 93.0 cm³/mol. The second-order valence-electron chi connectivity index (χ2n) is 5.98. The number of anilines is 2. The normalized spacial score (nSPS) is 19.6. The van der Waals surface area contributed by atoms with Crippen molar-refractivity contribution >= 4 is 34.0 Å². The van der Waals surface area contributed by atoms with Gasteiger partial charge in [-0.25, -0.2) is 9.97 Å². The number of hydrogen-bond donors (Lipinski definition) is 0. The van der Waals surface area contributed by atoms with Gasteiger partial charge in [0, 0.05) is 35.9 Å². The van der Waals surface area contributed by atoms with E-state index in [1.165, 1.54) is 9.75 Å². The van der Waals surface area contributed by atoms with Gasteiger partial charge >= 0.3 is 0 Å². The molecule has 0 radical (unpaired) electrons. The lowest BCUT2D eigenvalue weighted by Crippen LogP contribution is -2.41. The van der Waals surface area contributed by atoms with Crippen LogP contribution < -0.4 is 9.80 Å². The van der Waals surface area contributed by atoms with E-state index in [0.717, 1.165) is 75.3 Å². The van der Waals surface area contributed by atoms with Gasteiger partial charge in [-0.05, 0) is 13.8 Å². The van der Waals surface area contributed by atoms with E-state index in [4.69, 9.17) is 19.4 Å². The summed E-state index contributed by atoms with van der Waals surface area (Å²) in [5, 5.41) is 0. The molecule has 2 aromatic rings. The summed E-state index contributed by atoms with van der Waals surface area (Å²) in [6.07, 6.45) is 0. The van der Waals surface area contributed by atoms with E-state index in [2.05, 4.69) is 23.6 Å². The number of thiophene rings is 1. The van der Waals surface area contributed by atoms with Crippen LogP contribution in [0.3, 0.4) is 0 Å². The van der Waals surface area contributed by atoms with Crippen LogP contribution in [-0.2, 0) is 9.47 Å². The number of aryl methyl sites for hydroxylation is 2. The van der Waals surface area contributed by atoms with Crippen molar-refractivity contribution in [3.63, 3.8) is 0 Å². The molecule has 0 aromatic carbocycles. The highest BCUT2D eigenvalue weighted by atomic mass is 32.1. The number of morpholine rings is 2. The lowest BCUT2D eigenvalue weighted by Gasteiger charge is -2.34. The Labute approximate surface area is 140 Å². The highest BCUT2D eigenvalue weighted by Crippen LogP contribution is 2.34. The molecule has 2 aliphatic rings. The average molecular weight is 334 g/mol. The zero-order valence-electron chi connectivity index (χ0n) is 13.7. The number of fused-ring (bicyclic) bond motifs is 1. The van der Waals surface area contributed by atoms with Gasteiger partial charge in [0.15, 0.2) is 11.6 Å². The first-order valence-electron chi connectivity index (χ1n) is 8.17. The van der Waals surface area contributed by atoms with E-state index < -0.39 is 0 Å². The van der Waals surface area contributed by atoms with Crippen molar-refractivity contribution in [1.29, 1.82) is 0 Å². The molecule has 2 aromatic heterocycles. The Morgan fingerprint density at radius 3 is 1.52 bits per heavy atom. The van der Waals surface area contributed by atoms with Gasteiger partial charge in [0.2, 0.25) is 0 Å². The molecule has 124 valence electrons. The molecule has 0 unspecified atom stereocenters. The fourth-order valence-corrected chi connectivity index (χ4v) is 4.15. The van der Waals surface area contributed by atoms with E-state index in [0.29, 0.717) is 0 Å². The van der Waals surface area contributed by atoms with E-state index in [-0.39, 0.29) is 0 Å². The van der Waals surface area contributed by atoms with Gasteiger partial charge in [-0.15, -0.1) is 11.3 Å². The van der Waals surface area contributed by atoms with Gasteiger partial charge in [0.25, 0.3) is 0 Å². The quantitative estimate of drug-likeness (QED) is 0.837. The molecule has 0 aliphatic carbocycles. The SMILES string of the molecule is Cc1sc(C)c2nc(N3CCOCC3)c(N3CCOCC3)nc12. The third kappa shape index (κ3) is 2.77. The van der Waals surface area contributed by atoms with Crippen LogP contribution in [0.15, 0.2) is 0 Å². The van der Waals surface area contributed by atoms with Crippen LogP contribution in [0.5, 0.6) is 0 Å². The van der Waals surface area contributed by atoms with Crippen LogP contribution in [0.25, 0.3) is 11.0 Å². The molecule has 2 aliphatic heterocycles. The van der Waals surface area contributed by atoms with Crippen molar-refractivity contribution < 1.29 is 9.47 Å². The summed E-state index contributed by atoms with van der Waals surface area (Å²) in [5.74, 6) is 2.01. The van der Waals surface area contributed by atoms with Crippen molar-refractivity contribution in [1.82, 2.24) is 9.97 Å². The highest BCUT2D eigenvalue weighted by molar-refractivity contribution is 7.13. The predicted octanol–water partition coefficient (Wildman–Crippen LogP) is 1.98. The maximum absolute atomic E-state index is 5.50. The molecular weight excluding hydrogens is 312 g/mol. The Bertz CT molecular complexity index is 648. The highest BCUT2D eigenvalue weighted by Gasteiger charge is 2.25. The number of hydrogen-bond acceptors (Lipinski definition) is 7. The lowest BCUT2D eigenvalue weighted by molar-refractivity contribution is 0.120. The van der Waals surface area contributed by atoms with Gasteiger partial charge in [-0.1, -0.05) is 0 Å². The zero-order valence-corrected chi connectivity index (χ0v) is 14.5. The summed E-state index contributed by atoms with van der Waals surface area (Å²) < 4.78 is 11.0. The molecule has 23 heavy (non-hydrogen) atoms. The van der Waals surface area contributed by atoms with Crippen molar-refractivity contribution in [2.24, 2.45) is 0 Å². The minimum atomic E-state index is 0.754. The fraction of sp³-hybridized carbons (Fsp3) is 0.625. The zero-order chi connectivity index (χ0) is 15.8. The van der Waals surface area contributed by atoms with Crippen molar-refractivity contribution in [3.05, 3.63) is 9.75 Å². The standard InChI is InChI=1S/C16H22N4O2S/c1-11-13-14(12(2)23-11)18-16(20-5-9-22-10-6-20)15(17-13)19-3-7-21-8-4-19/h3-10H2,1-2H3. The molecule has 0 saturated carbocycles. The van der Waals surface area contributed by atoms with Gasteiger partial charge in [0.1, 0.15) is 11.0 Å². The summed E-state index contributed by atoms with van der Waals surface area (Å²) in [5.41, 5.74) is 2.09. The lowest BCUT2D eigenvalue weighted by atomic mass is 10.3. The molecule has 2 fully saturated rings. The van der Waals surface area contributed by atoms with Crippen LogP contribution in [0.1, 0.15) is 9.75 Å². The summed E-state index contributed by atoms with van der Waals surface area (Å²) >= 11 is 1.78. The Balaban J connectivity index is 1.83. The Hall–Kier alpha value is -1.44. The molecule has 0 N–H and O–H groups in total. The van der Waals surface area contributed by atoms with Gasteiger partial charge in [-0.2, -0.15) is 0 Å². The average Bonchev–Trinajstić information content (AvgIpc) is 2.89. The maximum Gasteiger partial charge on any atom is 0.172 e. The Kier molecular flexibility index (Phi) is 4.09. The third-order valence-corrected chi connectivity index (χ3v) is 5.45. The summed E-state index contributed by atoms with van der Waals surface area (Å²) in [7, 11) is 0. The van der Waals surface area contributed by atoms with Crippen molar-refractivity contribution in [2.45, 2.75) is 13.8 Å². The van der Waals surface area contributed by atoms with Crippen LogP contribution in [-0.4, -0.2) is 62.6 Å². The Morgan fingerprint density at radius 2 is 1.13 bits per heavy atom. The number of ether oxygens (including phenoxy) is 2. The molecule has 0 spiro atoms. The smallest absolute Gasteiger partial charge is 0.172 e. The molecule has 7 heteroatoms. The fourth-order valence-electron chi connectivity index (χ4n) is 3.21.